The highest BCUT2D eigenvalue weighted by atomic mass is 35.5. The number of methoxy groups -OCH3 is 1. The first-order chi connectivity index (χ1) is 14.5. The van der Waals surface area contributed by atoms with Crippen LogP contribution < -0.4 is 15.4 Å². The van der Waals surface area contributed by atoms with Crippen molar-refractivity contribution in [3.05, 3.63) is 64.3 Å². The standard InChI is InChI=1S/C21H19Cl2N3O3S/c1-28-20(27)17-12-18(19-15(23)10-13(22)11-16(19)26-17)29-9-5-8-24-21(30)25-14-6-3-2-4-7-14/h2-4,6-7,10-12H,5,8-9H2,1H3,(H2,24,25,30). The highest BCUT2D eigenvalue weighted by Gasteiger charge is 2.16. The summed E-state index contributed by atoms with van der Waals surface area (Å²) in [6.07, 6.45) is 0.666. The minimum absolute atomic E-state index is 0.115. The number of hydrogen-bond acceptors (Lipinski definition) is 5. The summed E-state index contributed by atoms with van der Waals surface area (Å²) in [5.74, 6) is -0.135. The summed E-state index contributed by atoms with van der Waals surface area (Å²) in [5.41, 5.74) is 1.49. The zero-order valence-electron chi connectivity index (χ0n) is 16.1. The van der Waals surface area contributed by atoms with E-state index in [-0.39, 0.29) is 5.69 Å². The molecule has 0 bridgehead atoms. The Kier molecular flexibility index (Phi) is 7.68. The van der Waals surface area contributed by atoms with Crippen molar-refractivity contribution in [2.45, 2.75) is 6.42 Å². The van der Waals surface area contributed by atoms with Crippen LogP contribution in [0.1, 0.15) is 16.9 Å². The molecule has 0 saturated carbocycles. The summed E-state index contributed by atoms with van der Waals surface area (Å²) in [4.78, 5) is 16.2. The van der Waals surface area contributed by atoms with Gasteiger partial charge >= 0.3 is 5.97 Å². The van der Waals surface area contributed by atoms with Crippen molar-refractivity contribution in [2.75, 3.05) is 25.6 Å². The van der Waals surface area contributed by atoms with E-state index in [1.807, 2.05) is 30.3 Å². The Bertz CT molecular complexity index is 1060. The fourth-order valence-electron chi connectivity index (χ4n) is 2.73. The predicted molar refractivity (Wildman–Crippen MR) is 124 cm³/mol. The number of ether oxygens (including phenoxy) is 2. The van der Waals surface area contributed by atoms with Gasteiger partial charge in [0.05, 0.1) is 29.6 Å². The number of anilines is 1. The number of benzene rings is 2. The van der Waals surface area contributed by atoms with Crippen LogP contribution in [-0.4, -0.2) is 36.3 Å². The highest BCUT2D eigenvalue weighted by molar-refractivity contribution is 7.80. The summed E-state index contributed by atoms with van der Waals surface area (Å²) < 4.78 is 10.7. The molecule has 9 heteroatoms. The van der Waals surface area contributed by atoms with Crippen molar-refractivity contribution in [1.82, 2.24) is 10.3 Å². The van der Waals surface area contributed by atoms with Crippen LogP contribution in [-0.2, 0) is 4.74 Å². The van der Waals surface area contributed by atoms with Crippen LogP contribution in [0.5, 0.6) is 5.75 Å². The van der Waals surface area contributed by atoms with Gasteiger partial charge in [0.15, 0.2) is 10.8 Å². The minimum Gasteiger partial charge on any atom is -0.493 e. The van der Waals surface area contributed by atoms with Crippen molar-refractivity contribution < 1.29 is 14.3 Å². The van der Waals surface area contributed by atoms with Gasteiger partial charge in [-0.1, -0.05) is 41.4 Å². The van der Waals surface area contributed by atoms with Gasteiger partial charge in [-0.2, -0.15) is 0 Å². The van der Waals surface area contributed by atoms with Crippen LogP contribution in [0.2, 0.25) is 10.0 Å². The molecule has 0 saturated heterocycles. The molecule has 0 unspecified atom stereocenters. The average molecular weight is 464 g/mol. The number of halogens is 2. The number of para-hydroxylation sites is 1. The number of pyridine rings is 1. The van der Waals surface area contributed by atoms with E-state index in [1.165, 1.54) is 13.2 Å². The van der Waals surface area contributed by atoms with Crippen LogP contribution >= 0.6 is 35.4 Å². The number of esters is 1. The van der Waals surface area contributed by atoms with Gasteiger partial charge in [0.1, 0.15) is 5.75 Å². The van der Waals surface area contributed by atoms with E-state index in [4.69, 9.17) is 44.9 Å². The van der Waals surface area contributed by atoms with E-state index < -0.39 is 5.97 Å². The zero-order valence-corrected chi connectivity index (χ0v) is 18.4. The maximum atomic E-state index is 11.9. The molecule has 3 aromatic rings. The number of carbonyl (C=O) groups excluding carboxylic acids is 1. The monoisotopic (exact) mass is 463 g/mol. The molecule has 0 aliphatic carbocycles. The van der Waals surface area contributed by atoms with Crippen LogP contribution in [0.3, 0.4) is 0 Å². The molecule has 30 heavy (non-hydrogen) atoms. The number of hydrogen-bond donors (Lipinski definition) is 2. The summed E-state index contributed by atoms with van der Waals surface area (Å²) >= 11 is 17.7. The third kappa shape index (κ3) is 5.72. The fourth-order valence-corrected chi connectivity index (χ4v) is 3.52. The fraction of sp³-hybridized carbons (Fsp3) is 0.190. The first kappa shape index (κ1) is 22.1. The first-order valence-electron chi connectivity index (χ1n) is 9.08. The Balaban J connectivity index is 1.62. The van der Waals surface area contributed by atoms with Crippen molar-refractivity contribution in [2.24, 2.45) is 0 Å². The van der Waals surface area contributed by atoms with Gasteiger partial charge in [-0.15, -0.1) is 0 Å². The van der Waals surface area contributed by atoms with Crippen molar-refractivity contribution in [3.8, 4) is 5.75 Å². The summed E-state index contributed by atoms with van der Waals surface area (Å²) in [6.45, 7) is 0.977. The molecule has 2 N–H and O–H groups in total. The van der Waals surface area contributed by atoms with E-state index in [1.54, 1.807) is 12.1 Å². The smallest absolute Gasteiger partial charge is 0.356 e. The van der Waals surface area contributed by atoms with E-state index in [0.29, 0.717) is 51.4 Å². The van der Waals surface area contributed by atoms with Crippen molar-refractivity contribution >= 4 is 63.1 Å². The normalized spacial score (nSPS) is 10.5. The molecule has 0 spiro atoms. The van der Waals surface area contributed by atoms with Crippen LogP contribution in [0, 0.1) is 0 Å². The molecule has 0 fully saturated rings. The largest absolute Gasteiger partial charge is 0.493 e. The molecule has 0 aliphatic heterocycles. The summed E-state index contributed by atoms with van der Waals surface area (Å²) in [7, 11) is 1.29. The highest BCUT2D eigenvalue weighted by Crippen LogP contribution is 2.34. The number of aromatic nitrogens is 1. The molecule has 2 aromatic carbocycles. The Labute approximate surface area is 189 Å². The van der Waals surface area contributed by atoms with Gasteiger partial charge in [0.2, 0.25) is 0 Å². The lowest BCUT2D eigenvalue weighted by molar-refractivity contribution is 0.0594. The summed E-state index contributed by atoms with van der Waals surface area (Å²) in [6, 6.07) is 14.4. The molecule has 3 rings (SSSR count). The molecule has 0 amide bonds. The lowest BCUT2D eigenvalue weighted by atomic mass is 10.1. The van der Waals surface area contributed by atoms with Crippen molar-refractivity contribution in [1.29, 1.82) is 0 Å². The predicted octanol–water partition coefficient (Wildman–Crippen LogP) is 5.08. The first-order valence-corrected chi connectivity index (χ1v) is 10.2. The number of thiocarbonyl (C=S) groups is 1. The SMILES string of the molecule is COC(=O)c1cc(OCCCNC(=S)Nc2ccccc2)c2c(Cl)cc(Cl)cc2n1. The topological polar surface area (TPSA) is 72.5 Å². The molecular weight excluding hydrogens is 445 g/mol. The maximum Gasteiger partial charge on any atom is 0.356 e. The Morgan fingerprint density at radius 2 is 1.93 bits per heavy atom. The molecular formula is C21H19Cl2N3O3S. The van der Waals surface area contributed by atoms with Gasteiger partial charge in [0.25, 0.3) is 0 Å². The molecule has 0 aliphatic rings. The number of nitrogens with one attached hydrogen (secondary N) is 2. The molecule has 0 radical (unpaired) electrons. The quantitative estimate of drug-likeness (QED) is 0.287. The third-order valence-electron chi connectivity index (χ3n) is 4.08. The Hall–Kier alpha value is -2.61. The maximum absolute atomic E-state index is 11.9. The minimum atomic E-state index is -0.572. The molecule has 1 aromatic heterocycles. The number of rotatable bonds is 7. The molecule has 0 atom stereocenters. The Morgan fingerprint density at radius 1 is 1.17 bits per heavy atom. The van der Waals surface area contributed by atoms with E-state index in [2.05, 4.69) is 15.6 Å². The summed E-state index contributed by atoms with van der Waals surface area (Å²) in [5, 5.41) is 8.15. The molecule has 1 heterocycles. The van der Waals surface area contributed by atoms with Crippen LogP contribution in [0.4, 0.5) is 5.69 Å². The lowest BCUT2D eigenvalue weighted by Gasteiger charge is -2.13. The zero-order chi connectivity index (χ0) is 21.5. The van der Waals surface area contributed by atoms with E-state index in [0.717, 1.165) is 5.69 Å². The number of fused-ring (bicyclic) bond motifs is 1. The van der Waals surface area contributed by atoms with Crippen LogP contribution in [0.25, 0.3) is 10.9 Å². The van der Waals surface area contributed by atoms with Gasteiger partial charge in [-0.25, -0.2) is 9.78 Å². The van der Waals surface area contributed by atoms with Crippen molar-refractivity contribution in [3.63, 3.8) is 0 Å². The number of carbonyl (C=O) groups is 1. The number of nitrogens with zero attached hydrogens (tertiary/aromatic N) is 1. The Morgan fingerprint density at radius 3 is 2.67 bits per heavy atom. The molecule has 6 nitrogen and oxygen atoms in total. The second kappa shape index (κ2) is 10.4. The second-order valence-corrected chi connectivity index (χ2v) is 7.48. The van der Waals surface area contributed by atoms with Gasteiger partial charge < -0.3 is 20.1 Å². The second-order valence-electron chi connectivity index (χ2n) is 6.23. The van der Waals surface area contributed by atoms with Gasteiger partial charge in [-0.3, -0.25) is 0 Å². The van der Waals surface area contributed by atoms with E-state index in [9.17, 15) is 4.79 Å². The average Bonchev–Trinajstić information content (AvgIpc) is 2.72. The lowest BCUT2D eigenvalue weighted by Crippen LogP contribution is -2.29. The molecule has 156 valence electrons. The van der Waals surface area contributed by atoms with E-state index >= 15 is 0 Å². The third-order valence-corrected chi connectivity index (χ3v) is 4.84. The van der Waals surface area contributed by atoms with Crippen LogP contribution in [0.15, 0.2) is 48.5 Å². The van der Waals surface area contributed by atoms with Gasteiger partial charge in [-0.05, 0) is 42.9 Å². The van der Waals surface area contributed by atoms with Gasteiger partial charge in [0, 0.05) is 23.3 Å².